The van der Waals surface area contributed by atoms with E-state index in [0.29, 0.717) is 5.91 Å². The van der Waals surface area contributed by atoms with Crippen LogP contribution in [-0.2, 0) is 4.79 Å². The van der Waals surface area contributed by atoms with Crippen molar-refractivity contribution in [3.05, 3.63) is 30.1 Å². The van der Waals surface area contributed by atoms with Gasteiger partial charge in [-0.2, -0.15) is 0 Å². The van der Waals surface area contributed by atoms with Gasteiger partial charge in [0, 0.05) is 29.7 Å². The zero-order valence-corrected chi connectivity index (χ0v) is 14.9. The lowest BCUT2D eigenvalue weighted by molar-refractivity contribution is -0.140. The molecule has 4 rings (SSSR count). The van der Waals surface area contributed by atoms with Gasteiger partial charge in [-0.25, -0.2) is 4.39 Å². The van der Waals surface area contributed by atoms with Crippen LogP contribution in [0.3, 0.4) is 0 Å². The fourth-order valence-corrected chi connectivity index (χ4v) is 4.86. The number of hydrogen-bond acceptors (Lipinski definition) is 2. The molecule has 3 nitrogen and oxygen atoms in total. The molecule has 1 aromatic rings. The van der Waals surface area contributed by atoms with Crippen LogP contribution in [0.15, 0.2) is 24.3 Å². The Morgan fingerprint density at radius 1 is 1.08 bits per heavy atom. The van der Waals surface area contributed by atoms with E-state index in [-0.39, 0.29) is 22.3 Å². The molecular formula is C20H27FN2O. The minimum absolute atomic E-state index is 0.0366. The SMILES string of the molecule is CC1(C(=O)N2CCCC23CN(c2ccc(F)cc2)C(C)(C)C3)CC1. The maximum absolute atomic E-state index is 13.3. The van der Waals surface area contributed by atoms with Gasteiger partial charge in [0.1, 0.15) is 5.82 Å². The number of likely N-dealkylation sites (tertiary alicyclic amines) is 1. The highest BCUT2D eigenvalue weighted by atomic mass is 19.1. The predicted octanol–water partition coefficient (Wildman–Crippen LogP) is 3.98. The summed E-state index contributed by atoms with van der Waals surface area (Å²) >= 11 is 0. The van der Waals surface area contributed by atoms with Crippen LogP contribution in [0.2, 0.25) is 0 Å². The summed E-state index contributed by atoms with van der Waals surface area (Å²) in [6.07, 6.45) is 5.22. The summed E-state index contributed by atoms with van der Waals surface area (Å²) in [7, 11) is 0. The summed E-state index contributed by atoms with van der Waals surface area (Å²) in [6.45, 7) is 8.34. The van der Waals surface area contributed by atoms with Gasteiger partial charge in [-0.15, -0.1) is 0 Å². The molecule has 0 aromatic heterocycles. The van der Waals surface area contributed by atoms with Crippen molar-refractivity contribution in [1.82, 2.24) is 4.90 Å². The lowest BCUT2D eigenvalue weighted by Crippen LogP contribution is -2.51. The standard InChI is InChI=1S/C20H27FN2O/c1-18(2)13-20(14-23(18)16-7-5-15(21)6-8-16)9-4-12-22(20)17(24)19(3)10-11-19/h5-8H,4,9-14H2,1-3H3. The molecule has 0 bridgehead atoms. The van der Waals surface area contributed by atoms with Crippen molar-refractivity contribution >= 4 is 11.6 Å². The van der Waals surface area contributed by atoms with E-state index < -0.39 is 0 Å². The average molecular weight is 330 g/mol. The van der Waals surface area contributed by atoms with Gasteiger partial charge in [-0.05, 0) is 70.2 Å². The van der Waals surface area contributed by atoms with Crippen LogP contribution in [0.5, 0.6) is 0 Å². The third kappa shape index (κ3) is 2.34. The Bertz CT molecular complexity index is 665. The molecule has 1 unspecified atom stereocenters. The molecule has 1 spiro atoms. The smallest absolute Gasteiger partial charge is 0.229 e. The van der Waals surface area contributed by atoms with E-state index >= 15 is 0 Å². The molecule has 130 valence electrons. The molecular weight excluding hydrogens is 303 g/mol. The normalized spacial score (nSPS) is 30.2. The first kappa shape index (κ1) is 15.9. The third-order valence-electron chi connectivity index (χ3n) is 6.44. The Morgan fingerprint density at radius 2 is 1.75 bits per heavy atom. The number of carbonyl (C=O) groups excluding carboxylic acids is 1. The van der Waals surface area contributed by atoms with Crippen LogP contribution in [0, 0.1) is 11.2 Å². The number of hydrogen-bond donors (Lipinski definition) is 0. The predicted molar refractivity (Wildman–Crippen MR) is 93.5 cm³/mol. The van der Waals surface area contributed by atoms with Crippen LogP contribution in [0.25, 0.3) is 0 Å². The van der Waals surface area contributed by atoms with Crippen molar-refractivity contribution < 1.29 is 9.18 Å². The topological polar surface area (TPSA) is 23.6 Å². The first-order valence-electron chi connectivity index (χ1n) is 9.11. The first-order valence-corrected chi connectivity index (χ1v) is 9.11. The molecule has 0 N–H and O–H groups in total. The summed E-state index contributed by atoms with van der Waals surface area (Å²) in [6, 6.07) is 6.78. The molecule has 24 heavy (non-hydrogen) atoms. The van der Waals surface area contributed by atoms with E-state index in [9.17, 15) is 9.18 Å². The average Bonchev–Trinajstić information content (AvgIpc) is 3.05. The van der Waals surface area contributed by atoms with Crippen LogP contribution < -0.4 is 4.90 Å². The highest BCUT2D eigenvalue weighted by molar-refractivity contribution is 5.86. The maximum atomic E-state index is 13.3. The number of anilines is 1. The largest absolute Gasteiger partial charge is 0.364 e. The van der Waals surface area contributed by atoms with Gasteiger partial charge < -0.3 is 9.80 Å². The molecule has 1 amide bonds. The molecule has 1 aliphatic carbocycles. The van der Waals surface area contributed by atoms with E-state index in [4.69, 9.17) is 0 Å². The molecule has 1 saturated carbocycles. The monoisotopic (exact) mass is 330 g/mol. The number of benzene rings is 1. The van der Waals surface area contributed by atoms with Crippen molar-refractivity contribution in [2.45, 2.75) is 64.0 Å². The highest BCUT2D eigenvalue weighted by Crippen LogP contribution is 2.52. The quantitative estimate of drug-likeness (QED) is 0.819. The molecule has 2 heterocycles. The Kier molecular flexibility index (Phi) is 3.29. The second-order valence-corrected chi connectivity index (χ2v) is 8.90. The number of amides is 1. The number of carbonyl (C=O) groups is 1. The van der Waals surface area contributed by atoms with E-state index in [1.54, 1.807) is 0 Å². The second kappa shape index (κ2) is 4.96. The van der Waals surface area contributed by atoms with Crippen molar-refractivity contribution in [3.63, 3.8) is 0 Å². The Balaban J connectivity index is 1.64. The molecule has 2 saturated heterocycles. The third-order valence-corrected chi connectivity index (χ3v) is 6.44. The Morgan fingerprint density at radius 3 is 2.38 bits per heavy atom. The fraction of sp³-hybridized carbons (Fsp3) is 0.650. The van der Waals surface area contributed by atoms with Crippen LogP contribution in [-0.4, -0.2) is 35.0 Å². The van der Waals surface area contributed by atoms with Crippen LogP contribution in [0.4, 0.5) is 10.1 Å². The van der Waals surface area contributed by atoms with Gasteiger partial charge in [0.15, 0.2) is 0 Å². The minimum atomic E-state index is -0.204. The highest BCUT2D eigenvalue weighted by Gasteiger charge is 2.58. The molecule has 3 aliphatic rings. The van der Waals surface area contributed by atoms with E-state index in [1.807, 2.05) is 12.1 Å². The number of nitrogens with zero attached hydrogens (tertiary/aromatic N) is 2. The Hall–Kier alpha value is -1.58. The van der Waals surface area contributed by atoms with Crippen LogP contribution >= 0.6 is 0 Å². The van der Waals surface area contributed by atoms with Gasteiger partial charge >= 0.3 is 0 Å². The summed E-state index contributed by atoms with van der Waals surface area (Å²) < 4.78 is 13.3. The number of halogens is 1. The van der Waals surface area contributed by atoms with Gasteiger partial charge in [0.05, 0.1) is 5.54 Å². The van der Waals surface area contributed by atoms with Gasteiger partial charge in [-0.1, -0.05) is 6.92 Å². The number of rotatable bonds is 2. The van der Waals surface area contributed by atoms with Crippen molar-refractivity contribution in [3.8, 4) is 0 Å². The Labute approximate surface area is 143 Å². The summed E-state index contributed by atoms with van der Waals surface area (Å²) in [5.41, 5.74) is 0.853. The van der Waals surface area contributed by atoms with E-state index in [0.717, 1.165) is 50.9 Å². The fourth-order valence-electron chi connectivity index (χ4n) is 4.86. The van der Waals surface area contributed by atoms with Crippen molar-refractivity contribution in [1.29, 1.82) is 0 Å². The minimum Gasteiger partial charge on any atom is -0.364 e. The van der Waals surface area contributed by atoms with E-state index in [1.165, 1.54) is 12.1 Å². The lowest BCUT2D eigenvalue weighted by atomic mass is 9.87. The lowest BCUT2D eigenvalue weighted by Gasteiger charge is -2.37. The molecule has 2 aliphatic heterocycles. The van der Waals surface area contributed by atoms with Crippen molar-refractivity contribution in [2.75, 3.05) is 18.0 Å². The summed E-state index contributed by atoms with van der Waals surface area (Å²) in [4.78, 5) is 17.6. The van der Waals surface area contributed by atoms with Crippen LogP contribution in [0.1, 0.15) is 52.9 Å². The summed E-state index contributed by atoms with van der Waals surface area (Å²) in [5.74, 6) is 0.154. The zero-order valence-electron chi connectivity index (χ0n) is 14.9. The maximum Gasteiger partial charge on any atom is 0.229 e. The van der Waals surface area contributed by atoms with Gasteiger partial charge in [0.2, 0.25) is 5.91 Å². The van der Waals surface area contributed by atoms with Gasteiger partial charge in [0.25, 0.3) is 0 Å². The molecule has 1 aromatic carbocycles. The van der Waals surface area contributed by atoms with Gasteiger partial charge in [-0.3, -0.25) is 4.79 Å². The molecule has 4 heteroatoms. The van der Waals surface area contributed by atoms with E-state index in [2.05, 4.69) is 30.6 Å². The second-order valence-electron chi connectivity index (χ2n) is 8.90. The van der Waals surface area contributed by atoms with Crippen molar-refractivity contribution in [2.24, 2.45) is 5.41 Å². The summed E-state index contributed by atoms with van der Waals surface area (Å²) in [5, 5.41) is 0. The molecule has 0 radical (unpaired) electrons. The molecule has 1 atom stereocenters. The first-order chi connectivity index (χ1) is 11.3. The molecule has 3 fully saturated rings. The zero-order chi connectivity index (χ0) is 17.2.